The molecule has 9 heteroatoms. The summed E-state index contributed by atoms with van der Waals surface area (Å²) in [6.45, 7) is 4.45. The average Bonchev–Trinajstić information content (AvgIpc) is 2.92. The lowest BCUT2D eigenvalue weighted by molar-refractivity contribution is -0.142. The van der Waals surface area contributed by atoms with Gasteiger partial charge >= 0.3 is 5.97 Å². The van der Waals surface area contributed by atoms with E-state index in [-0.39, 0.29) is 13.1 Å². The van der Waals surface area contributed by atoms with Crippen molar-refractivity contribution in [1.29, 1.82) is 0 Å². The van der Waals surface area contributed by atoms with Crippen molar-refractivity contribution in [3.05, 3.63) is 17.5 Å². The molecule has 0 aromatic carbocycles. The van der Waals surface area contributed by atoms with E-state index >= 15 is 0 Å². The summed E-state index contributed by atoms with van der Waals surface area (Å²) in [4.78, 5) is 11.0. The summed E-state index contributed by atoms with van der Waals surface area (Å²) in [5.41, 5.74) is 0.790. The summed E-state index contributed by atoms with van der Waals surface area (Å²) in [6.07, 6.45) is 1.81. The molecule has 8 nitrogen and oxygen atoms in total. The molecular formula is C14H23N3O5S. The van der Waals surface area contributed by atoms with Crippen molar-refractivity contribution < 1.29 is 22.8 Å². The molecule has 1 aliphatic heterocycles. The van der Waals surface area contributed by atoms with Gasteiger partial charge in [0, 0.05) is 19.2 Å². The van der Waals surface area contributed by atoms with Crippen molar-refractivity contribution in [2.75, 3.05) is 13.1 Å². The molecule has 1 unspecified atom stereocenters. The van der Waals surface area contributed by atoms with Crippen LogP contribution in [0.15, 0.2) is 10.6 Å². The Morgan fingerprint density at radius 2 is 2.30 bits per heavy atom. The molecule has 1 aromatic rings. The number of aliphatic carboxylic acids is 1. The van der Waals surface area contributed by atoms with Gasteiger partial charge in [-0.2, -0.15) is 17.4 Å². The molecule has 1 fully saturated rings. The third-order valence-corrected chi connectivity index (χ3v) is 5.25. The van der Waals surface area contributed by atoms with E-state index in [1.807, 2.05) is 0 Å². The molecule has 0 amide bonds. The smallest absolute Gasteiger partial charge is 0.307 e. The minimum absolute atomic E-state index is 0.000327. The molecule has 0 radical (unpaired) electrons. The van der Waals surface area contributed by atoms with Crippen LogP contribution in [0.5, 0.6) is 0 Å². The number of nitrogens with zero attached hydrogens (tertiary/aromatic N) is 2. The van der Waals surface area contributed by atoms with Gasteiger partial charge in [-0.15, -0.1) is 0 Å². The van der Waals surface area contributed by atoms with Crippen LogP contribution in [0.25, 0.3) is 0 Å². The fraction of sp³-hybridized carbons (Fsp3) is 0.714. The Hall–Kier alpha value is -1.45. The van der Waals surface area contributed by atoms with Gasteiger partial charge in [0.05, 0.1) is 18.2 Å². The molecule has 0 saturated carbocycles. The van der Waals surface area contributed by atoms with Gasteiger partial charge in [0.25, 0.3) is 10.2 Å². The Morgan fingerprint density at radius 1 is 1.57 bits per heavy atom. The summed E-state index contributed by atoms with van der Waals surface area (Å²) >= 11 is 0. The van der Waals surface area contributed by atoms with E-state index in [2.05, 4.69) is 23.7 Å². The normalized spacial score (nSPS) is 20.0. The number of aromatic nitrogens is 1. The Kier molecular flexibility index (Phi) is 5.77. The van der Waals surface area contributed by atoms with Crippen molar-refractivity contribution in [3.8, 4) is 0 Å². The van der Waals surface area contributed by atoms with Gasteiger partial charge < -0.3 is 9.63 Å². The molecule has 2 N–H and O–H groups in total. The summed E-state index contributed by atoms with van der Waals surface area (Å²) in [5.74, 6) is -0.733. The number of carbonyl (C=O) groups is 1. The van der Waals surface area contributed by atoms with Crippen LogP contribution in [0, 0.1) is 11.8 Å². The van der Waals surface area contributed by atoms with Crippen LogP contribution >= 0.6 is 0 Å². The Bertz CT molecular complexity index is 641. The highest BCUT2D eigenvalue weighted by Crippen LogP contribution is 2.19. The number of hydrogen-bond donors (Lipinski definition) is 2. The summed E-state index contributed by atoms with van der Waals surface area (Å²) in [7, 11) is -3.73. The van der Waals surface area contributed by atoms with E-state index in [9.17, 15) is 13.2 Å². The average molecular weight is 345 g/mol. The molecule has 1 aliphatic rings. The zero-order valence-corrected chi connectivity index (χ0v) is 14.2. The summed E-state index contributed by atoms with van der Waals surface area (Å²) < 4.78 is 33.3. The number of hydrogen-bond acceptors (Lipinski definition) is 5. The molecule has 0 bridgehead atoms. The van der Waals surface area contributed by atoms with Crippen LogP contribution in [0.4, 0.5) is 0 Å². The predicted molar refractivity (Wildman–Crippen MR) is 82.7 cm³/mol. The first kappa shape index (κ1) is 17.9. The van der Waals surface area contributed by atoms with Crippen LogP contribution in [-0.4, -0.2) is 42.0 Å². The molecule has 2 rings (SSSR count). The van der Waals surface area contributed by atoms with Gasteiger partial charge in [-0.3, -0.25) is 4.79 Å². The minimum Gasteiger partial charge on any atom is -0.481 e. The molecule has 0 spiro atoms. The monoisotopic (exact) mass is 345 g/mol. The second-order valence-electron chi connectivity index (χ2n) is 6.24. The van der Waals surface area contributed by atoms with Crippen LogP contribution in [0.2, 0.25) is 0 Å². The first-order chi connectivity index (χ1) is 10.8. The SMILES string of the molecule is CC(C)Cc1cc(CNS(=O)(=O)N2CCCC(C(=O)O)C2)on1. The van der Waals surface area contributed by atoms with E-state index in [1.54, 1.807) is 6.07 Å². The van der Waals surface area contributed by atoms with Gasteiger partial charge in [0.15, 0.2) is 5.76 Å². The second-order valence-corrected chi connectivity index (χ2v) is 8.00. The minimum atomic E-state index is -3.73. The maximum Gasteiger partial charge on any atom is 0.307 e. The van der Waals surface area contributed by atoms with Gasteiger partial charge in [-0.05, 0) is 25.2 Å². The Balaban J connectivity index is 1.93. The van der Waals surface area contributed by atoms with Crippen molar-refractivity contribution in [3.63, 3.8) is 0 Å². The van der Waals surface area contributed by atoms with Crippen molar-refractivity contribution >= 4 is 16.2 Å². The zero-order chi connectivity index (χ0) is 17.0. The molecule has 23 heavy (non-hydrogen) atoms. The predicted octanol–water partition coefficient (Wildman–Crippen LogP) is 1.00. The fourth-order valence-corrected chi connectivity index (χ4v) is 3.82. The highest BCUT2D eigenvalue weighted by Gasteiger charge is 2.32. The van der Waals surface area contributed by atoms with Crippen molar-refractivity contribution in [2.24, 2.45) is 11.8 Å². The van der Waals surface area contributed by atoms with E-state index in [0.717, 1.165) is 12.1 Å². The van der Waals surface area contributed by atoms with Gasteiger partial charge in [-0.25, -0.2) is 0 Å². The fourth-order valence-electron chi connectivity index (χ4n) is 2.57. The van der Waals surface area contributed by atoms with E-state index in [1.165, 1.54) is 4.31 Å². The second kappa shape index (κ2) is 7.41. The van der Waals surface area contributed by atoms with E-state index < -0.39 is 22.1 Å². The highest BCUT2D eigenvalue weighted by molar-refractivity contribution is 7.87. The highest BCUT2D eigenvalue weighted by atomic mass is 32.2. The molecule has 2 heterocycles. The van der Waals surface area contributed by atoms with Crippen LogP contribution < -0.4 is 4.72 Å². The van der Waals surface area contributed by atoms with Gasteiger partial charge in [-0.1, -0.05) is 19.0 Å². The topological polar surface area (TPSA) is 113 Å². The van der Waals surface area contributed by atoms with E-state index in [0.29, 0.717) is 31.1 Å². The molecular weight excluding hydrogens is 322 g/mol. The van der Waals surface area contributed by atoms with Gasteiger partial charge in [0.1, 0.15) is 0 Å². The van der Waals surface area contributed by atoms with Crippen LogP contribution in [0.3, 0.4) is 0 Å². The maximum atomic E-state index is 12.3. The number of carboxylic acid groups (broad SMARTS) is 1. The number of carboxylic acids is 1. The lowest BCUT2D eigenvalue weighted by atomic mass is 10.0. The molecule has 130 valence electrons. The summed E-state index contributed by atoms with van der Waals surface area (Å²) in [5, 5.41) is 12.9. The van der Waals surface area contributed by atoms with Crippen molar-refractivity contribution in [2.45, 2.75) is 39.7 Å². The lowest BCUT2D eigenvalue weighted by Gasteiger charge is -2.29. The number of rotatable bonds is 7. The maximum absolute atomic E-state index is 12.3. The molecule has 1 saturated heterocycles. The largest absolute Gasteiger partial charge is 0.481 e. The van der Waals surface area contributed by atoms with Gasteiger partial charge in [0.2, 0.25) is 0 Å². The first-order valence-electron chi connectivity index (χ1n) is 7.70. The lowest BCUT2D eigenvalue weighted by Crippen LogP contribution is -2.47. The molecule has 1 atom stereocenters. The van der Waals surface area contributed by atoms with Crippen LogP contribution in [-0.2, 0) is 28.0 Å². The zero-order valence-electron chi connectivity index (χ0n) is 13.4. The summed E-state index contributed by atoms with van der Waals surface area (Å²) in [6, 6.07) is 1.73. The van der Waals surface area contributed by atoms with E-state index in [4.69, 9.17) is 9.63 Å². The quantitative estimate of drug-likeness (QED) is 0.762. The third-order valence-electron chi connectivity index (χ3n) is 3.73. The first-order valence-corrected chi connectivity index (χ1v) is 9.14. The Labute approximate surface area is 136 Å². The standard InChI is InChI=1S/C14H23N3O5S/c1-10(2)6-12-7-13(22-16-12)8-15-23(20,21)17-5-3-4-11(9-17)14(18)19/h7,10-11,15H,3-6,8-9H2,1-2H3,(H,18,19). The number of nitrogens with one attached hydrogen (secondary N) is 1. The third kappa shape index (κ3) is 5.02. The molecule has 1 aromatic heterocycles. The number of piperidine rings is 1. The van der Waals surface area contributed by atoms with Crippen LogP contribution in [0.1, 0.15) is 38.1 Å². The Morgan fingerprint density at radius 3 is 2.96 bits per heavy atom. The molecule has 0 aliphatic carbocycles. The van der Waals surface area contributed by atoms with Crippen molar-refractivity contribution in [1.82, 2.24) is 14.2 Å².